The average Bonchev–Trinajstić information content (AvgIpc) is 3.81. The van der Waals surface area contributed by atoms with Crippen LogP contribution in [0, 0.1) is 0 Å². The topological polar surface area (TPSA) is 177 Å². The predicted molar refractivity (Wildman–Crippen MR) is 266 cm³/mol. The molecule has 2 amide bonds. The van der Waals surface area contributed by atoms with Crippen LogP contribution in [0.15, 0.2) is 60.8 Å². The van der Waals surface area contributed by atoms with Gasteiger partial charge >= 0.3 is 0 Å². The quantitative estimate of drug-likeness (QED) is 0.0967. The number of hydrogen-bond donors (Lipinski definition) is 4. The van der Waals surface area contributed by atoms with Crippen molar-refractivity contribution in [3.05, 3.63) is 76.9 Å². The summed E-state index contributed by atoms with van der Waals surface area (Å²) in [7, 11) is 1.07. The van der Waals surface area contributed by atoms with Crippen LogP contribution in [0.25, 0.3) is 0 Å². The highest BCUT2D eigenvalue weighted by molar-refractivity contribution is 7.92. The van der Waals surface area contributed by atoms with E-state index in [9.17, 15) is 18.0 Å². The fourth-order valence-corrected chi connectivity index (χ4v) is 10.4. The van der Waals surface area contributed by atoms with E-state index in [2.05, 4.69) is 82.0 Å². The number of anilines is 7. The van der Waals surface area contributed by atoms with Crippen molar-refractivity contribution in [2.75, 3.05) is 118 Å². The number of piperazine rings is 1. The lowest BCUT2D eigenvalue weighted by Gasteiger charge is -2.43. The second-order valence-corrected chi connectivity index (χ2v) is 20.3. The molecule has 19 heteroatoms. The zero-order valence-corrected chi connectivity index (χ0v) is 40.8. The van der Waals surface area contributed by atoms with E-state index < -0.39 is 10.0 Å². The number of amides is 2. The van der Waals surface area contributed by atoms with Crippen molar-refractivity contribution in [1.29, 1.82) is 0 Å². The van der Waals surface area contributed by atoms with Gasteiger partial charge in [0.15, 0.2) is 5.82 Å². The van der Waals surface area contributed by atoms with Crippen molar-refractivity contribution in [3.8, 4) is 11.5 Å². The number of piperidine rings is 2. The number of imide groups is 1. The van der Waals surface area contributed by atoms with Gasteiger partial charge in [-0.25, -0.2) is 13.4 Å². The summed E-state index contributed by atoms with van der Waals surface area (Å²) in [5, 5.41) is 13.1. The van der Waals surface area contributed by atoms with Gasteiger partial charge in [-0.2, -0.15) is 4.98 Å². The predicted octanol–water partition coefficient (Wildman–Crippen LogP) is 5.57. The molecule has 5 heterocycles. The number of aryl methyl sites for hydroxylation is 1. The van der Waals surface area contributed by atoms with Crippen LogP contribution in [0.4, 0.5) is 40.2 Å². The van der Waals surface area contributed by atoms with E-state index in [1.165, 1.54) is 41.6 Å². The summed E-state index contributed by atoms with van der Waals surface area (Å²) in [5.41, 5.74) is 6.08. The molecule has 1 aromatic heterocycles. The van der Waals surface area contributed by atoms with Crippen LogP contribution < -0.4 is 44.8 Å². The Hall–Kier alpha value is -5.40. The van der Waals surface area contributed by atoms with Gasteiger partial charge < -0.3 is 35.2 Å². The highest BCUT2D eigenvalue weighted by Gasteiger charge is 2.31. The van der Waals surface area contributed by atoms with Gasteiger partial charge in [-0.3, -0.25) is 29.0 Å². The standard InChI is InChI=1S/C48H64ClN11O6S/c1-6-32-27-41(53-48-51-30-39(49)46(55-48)52-40-13-11-37(65-3)28-43(40)56(2)67(5,63)64)44(66-4)29-42(32)59-20-16-36(17-21-59)58-25-23-57(24-26-58)22-18-50-34-15-19-60(31-34)35-9-7-33(8-10-35)38-12-14-45(61)54-47(38)62/h7-11,13,27-30,34,36,38,50H,6,12,14-26,31H2,1-5H3,(H,54,61,62)(H2,51,52,53,55)/t34-,38?/m0/s1. The maximum absolute atomic E-state index is 12.5. The molecule has 8 rings (SSSR count). The van der Waals surface area contributed by atoms with Gasteiger partial charge in [-0.15, -0.1) is 0 Å². The first kappa shape index (κ1) is 48.1. The van der Waals surface area contributed by atoms with Crippen LogP contribution in [0.5, 0.6) is 11.5 Å². The van der Waals surface area contributed by atoms with Crippen molar-refractivity contribution in [2.45, 2.75) is 63.5 Å². The Balaban J connectivity index is 0.799. The smallest absolute Gasteiger partial charge is 0.234 e. The van der Waals surface area contributed by atoms with E-state index in [0.717, 1.165) is 109 Å². The number of carbonyl (C=O) groups is 2. The molecular formula is C48H64ClN11O6S. The summed E-state index contributed by atoms with van der Waals surface area (Å²) in [6.45, 7) is 12.5. The molecule has 4 N–H and O–H groups in total. The molecule has 67 heavy (non-hydrogen) atoms. The zero-order chi connectivity index (χ0) is 47.2. The molecule has 4 aliphatic rings. The number of ether oxygens (including phenoxy) is 2. The summed E-state index contributed by atoms with van der Waals surface area (Å²) >= 11 is 6.57. The van der Waals surface area contributed by atoms with E-state index >= 15 is 0 Å². The third kappa shape index (κ3) is 11.5. The summed E-state index contributed by atoms with van der Waals surface area (Å²) in [4.78, 5) is 43.2. The number of sulfonamides is 1. The number of hydrogen-bond acceptors (Lipinski definition) is 15. The van der Waals surface area contributed by atoms with Crippen molar-refractivity contribution in [2.24, 2.45) is 0 Å². The summed E-state index contributed by atoms with van der Waals surface area (Å²) in [5.74, 6) is 1.13. The second kappa shape index (κ2) is 21.3. The maximum Gasteiger partial charge on any atom is 0.234 e. The van der Waals surface area contributed by atoms with E-state index in [1.54, 1.807) is 25.3 Å². The highest BCUT2D eigenvalue weighted by atomic mass is 35.5. The van der Waals surface area contributed by atoms with Crippen LogP contribution in [0.1, 0.15) is 56.1 Å². The number of methoxy groups -OCH3 is 2. The molecule has 4 saturated heterocycles. The molecule has 4 aromatic rings. The Morgan fingerprint density at radius 2 is 1.63 bits per heavy atom. The number of aromatic nitrogens is 2. The lowest BCUT2D eigenvalue weighted by molar-refractivity contribution is -0.134. The highest BCUT2D eigenvalue weighted by Crippen LogP contribution is 2.39. The van der Waals surface area contributed by atoms with Gasteiger partial charge in [0, 0.05) is 115 Å². The Labute approximate surface area is 399 Å². The first-order valence-electron chi connectivity index (χ1n) is 23.3. The molecule has 0 radical (unpaired) electrons. The lowest BCUT2D eigenvalue weighted by Crippen LogP contribution is -2.54. The number of rotatable bonds is 17. The molecule has 0 aliphatic carbocycles. The summed E-state index contributed by atoms with van der Waals surface area (Å²) in [6.07, 6.45) is 7.74. The van der Waals surface area contributed by atoms with Gasteiger partial charge in [0.1, 0.15) is 16.5 Å². The molecule has 1 unspecified atom stereocenters. The molecule has 0 spiro atoms. The molecule has 2 atom stereocenters. The number of nitrogens with one attached hydrogen (secondary N) is 4. The zero-order valence-electron chi connectivity index (χ0n) is 39.2. The number of halogens is 1. The fraction of sp³-hybridized carbons (Fsp3) is 0.500. The van der Waals surface area contributed by atoms with Gasteiger partial charge in [0.05, 0.1) is 49.7 Å². The van der Waals surface area contributed by atoms with E-state index in [0.29, 0.717) is 59.6 Å². The minimum Gasteiger partial charge on any atom is -0.497 e. The second-order valence-electron chi connectivity index (χ2n) is 17.9. The number of carbonyl (C=O) groups excluding carboxylic acids is 2. The molecular weight excluding hydrogens is 894 g/mol. The van der Waals surface area contributed by atoms with Crippen LogP contribution in [0.2, 0.25) is 5.02 Å². The Bertz CT molecular complexity index is 2500. The fourth-order valence-electron chi connectivity index (χ4n) is 9.75. The van der Waals surface area contributed by atoms with Gasteiger partial charge in [0.2, 0.25) is 27.8 Å². The molecule has 0 bridgehead atoms. The van der Waals surface area contributed by atoms with Gasteiger partial charge in [0.25, 0.3) is 0 Å². The van der Waals surface area contributed by atoms with Crippen molar-refractivity contribution < 1.29 is 27.5 Å². The molecule has 3 aromatic carbocycles. The molecule has 360 valence electrons. The van der Waals surface area contributed by atoms with Crippen molar-refractivity contribution in [1.82, 2.24) is 30.4 Å². The van der Waals surface area contributed by atoms with Crippen LogP contribution >= 0.6 is 11.6 Å². The van der Waals surface area contributed by atoms with Crippen molar-refractivity contribution in [3.63, 3.8) is 0 Å². The molecule has 4 fully saturated rings. The minimum atomic E-state index is -3.58. The third-order valence-corrected chi connectivity index (χ3v) is 15.2. The Morgan fingerprint density at radius 1 is 0.881 bits per heavy atom. The lowest BCUT2D eigenvalue weighted by atomic mass is 9.90. The van der Waals surface area contributed by atoms with Crippen molar-refractivity contribution >= 4 is 73.6 Å². The van der Waals surface area contributed by atoms with E-state index in [-0.39, 0.29) is 22.8 Å². The maximum atomic E-state index is 12.5. The largest absolute Gasteiger partial charge is 0.497 e. The SMILES string of the molecule is CCc1cc(Nc2ncc(Cl)c(Nc3ccc(OC)cc3N(C)S(C)(=O)=O)n2)c(OC)cc1N1CCC(N2CCN(CCN[C@H]3CCN(c4ccc(C5CCC(=O)NC5=O)cc4)C3)CC2)CC1. The Kier molecular flexibility index (Phi) is 15.3. The molecule has 4 aliphatic heterocycles. The third-order valence-electron chi connectivity index (χ3n) is 13.7. The van der Waals surface area contributed by atoms with Crippen LogP contribution in [0.3, 0.4) is 0 Å². The summed E-state index contributed by atoms with van der Waals surface area (Å²) in [6, 6.07) is 18.6. The number of benzene rings is 3. The monoisotopic (exact) mass is 957 g/mol. The van der Waals surface area contributed by atoms with E-state index in [4.69, 9.17) is 21.1 Å². The Morgan fingerprint density at radius 3 is 2.31 bits per heavy atom. The van der Waals surface area contributed by atoms with E-state index in [1.807, 2.05) is 12.1 Å². The summed E-state index contributed by atoms with van der Waals surface area (Å²) < 4.78 is 37.4. The first-order chi connectivity index (χ1) is 32.3. The minimum absolute atomic E-state index is 0.182. The number of nitrogens with zero attached hydrogens (tertiary/aromatic N) is 7. The van der Waals surface area contributed by atoms with Gasteiger partial charge in [-0.1, -0.05) is 30.7 Å². The molecule has 17 nitrogen and oxygen atoms in total. The normalized spacial score (nSPS) is 19.9. The van der Waals surface area contributed by atoms with Gasteiger partial charge in [-0.05, 0) is 73.6 Å². The van der Waals surface area contributed by atoms with Crippen LogP contribution in [-0.4, -0.2) is 145 Å². The first-order valence-corrected chi connectivity index (χ1v) is 25.6. The average molecular weight is 959 g/mol. The van der Waals surface area contributed by atoms with Crippen LogP contribution in [-0.2, 0) is 26.0 Å². The molecule has 0 saturated carbocycles.